The fourth-order valence-corrected chi connectivity index (χ4v) is 4.21. The normalized spacial score (nSPS) is 10.4. The first-order valence-electron chi connectivity index (χ1n) is 9.42. The van der Waals surface area contributed by atoms with Gasteiger partial charge < -0.3 is 15.4 Å². The Bertz CT molecular complexity index is 1050. The highest BCUT2D eigenvalue weighted by Gasteiger charge is 2.15. The van der Waals surface area contributed by atoms with Crippen molar-refractivity contribution in [2.45, 2.75) is 6.42 Å². The lowest BCUT2D eigenvalue weighted by Gasteiger charge is -2.13. The van der Waals surface area contributed by atoms with Crippen LogP contribution in [0, 0.1) is 0 Å². The first kappa shape index (κ1) is 23.1. The topological polar surface area (TPSA) is 67.4 Å². The largest absolute Gasteiger partial charge is 0.481 e. The predicted molar refractivity (Wildman–Crippen MR) is 127 cm³/mol. The van der Waals surface area contributed by atoms with Crippen molar-refractivity contribution in [3.05, 3.63) is 92.4 Å². The molecule has 0 atom stereocenters. The predicted octanol–water partition coefficient (Wildman–Crippen LogP) is 5.75. The summed E-state index contributed by atoms with van der Waals surface area (Å²) in [5.74, 6) is -0.383. The molecule has 0 heterocycles. The molecule has 0 radical (unpaired) electrons. The van der Waals surface area contributed by atoms with Crippen LogP contribution in [0.1, 0.15) is 15.9 Å². The van der Waals surface area contributed by atoms with E-state index in [9.17, 15) is 9.59 Å². The quantitative estimate of drug-likeness (QED) is 0.397. The van der Waals surface area contributed by atoms with Gasteiger partial charge in [0.15, 0.2) is 12.4 Å². The van der Waals surface area contributed by atoms with Crippen molar-refractivity contribution < 1.29 is 14.3 Å². The number of para-hydroxylation sites is 1. The Labute approximate surface area is 198 Å². The molecule has 3 rings (SSSR count). The van der Waals surface area contributed by atoms with Crippen LogP contribution in [-0.2, 0) is 11.2 Å². The number of carbonyl (C=O) groups excluding carboxylic acids is 2. The van der Waals surface area contributed by atoms with Crippen LogP contribution in [0.4, 0.5) is 5.69 Å². The van der Waals surface area contributed by atoms with E-state index in [0.29, 0.717) is 39.5 Å². The summed E-state index contributed by atoms with van der Waals surface area (Å²) in [7, 11) is 0. The lowest BCUT2D eigenvalue weighted by molar-refractivity contribution is -0.118. The first-order chi connectivity index (χ1) is 14.9. The Balaban J connectivity index is 1.58. The minimum Gasteiger partial charge on any atom is -0.481 e. The molecular weight excluding hydrogens is 503 g/mol. The fraction of sp³-hybridized carbons (Fsp3) is 0.130. The third kappa shape index (κ3) is 6.72. The van der Waals surface area contributed by atoms with E-state index in [2.05, 4.69) is 26.6 Å². The molecule has 0 saturated heterocycles. The third-order valence-corrected chi connectivity index (χ3v) is 5.39. The molecule has 5 nitrogen and oxygen atoms in total. The number of carbonyl (C=O) groups is 2. The van der Waals surface area contributed by atoms with Gasteiger partial charge in [0.2, 0.25) is 0 Å². The molecule has 3 aromatic rings. The van der Waals surface area contributed by atoms with Gasteiger partial charge in [-0.25, -0.2) is 0 Å². The van der Waals surface area contributed by atoms with Gasteiger partial charge in [-0.2, -0.15) is 0 Å². The lowest BCUT2D eigenvalue weighted by atomic mass is 10.1. The smallest absolute Gasteiger partial charge is 0.262 e. The minimum atomic E-state index is -0.428. The van der Waals surface area contributed by atoms with E-state index < -0.39 is 5.91 Å². The maximum absolute atomic E-state index is 12.6. The van der Waals surface area contributed by atoms with Crippen molar-refractivity contribution in [1.82, 2.24) is 5.32 Å². The van der Waals surface area contributed by atoms with Gasteiger partial charge in [-0.1, -0.05) is 65.7 Å². The van der Waals surface area contributed by atoms with E-state index in [4.69, 9.17) is 27.9 Å². The number of rotatable bonds is 8. The van der Waals surface area contributed by atoms with Gasteiger partial charge in [0.1, 0.15) is 0 Å². The van der Waals surface area contributed by atoms with Crippen LogP contribution < -0.4 is 15.4 Å². The van der Waals surface area contributed by atoms with E-state index in [1.54, 1.807) is 30.3 Å². The Kier molecular flexibility index (Phi) is 8.35. The highest BCUT2D eigenvalue weighted by atomic mass is 79.9. The zero-order valence-electron chi connectivity index (χ0n) is 16.3. The van der Waals surface area contributed by atoms with Gasteiger partial charge in [0, 0.05) is 11.6 Å². The summed E-state index contributed by atoms with van der Waals surface area (Å²) in [5.41, 5.74) is 1.90. The molecule has 0 aliphatic heterocycles. The summed E-state index contributed by atoms with van der Waals surface area (Å²) >= 11 is 15.3. The molecule has 31 heavy (non-hydrogen) atoms. The molecule has 2 N–H and O–H groups in total. The number of nitrogens with one attached hydrogen (secondary N) is 2. The van der Waals surface area contributed by atoms with Crippen molar-refractivity contribution in [2.24, 2.45) is 0 Å². The summed E-state index contributed by atoms with van der Waals surface area (Å²) in [4.78, 5) is 25.0. The van der Waals surface area contributed by atoms with Crippen LogP contribution in [0.25, 0.3) is 0 Å². The number of halogens is 3. The summed E-state index contributed by atoms with van der Waals surface area (Å²) in [5, 5.41) is 6.32. The second-order valence-electron chi connectivity index (χ2n) is 6.57. The second-order valence-corrected chi connectivity index (χ2v) is 8.27. The molecular formula is C23H19BrCl2N2O3. The van der Waals surface area contributed by atoms with Gasteiger partial charge >= 0.3 is 0 Å². The standard InChI is InChI=1S/C23H19BrCl2N2O3/c24-18-12-16(25)13-19(26)22(18)31-14-21(29)28-20-9-5-4-8-17(20)23(30)27-11-10-15-6-2-1-3-7-15/h1-9,12-13H,10-11,14H2,(H,27,30)(H,28,29). The Morgan fingerprint density at radius 1 is 0.968 bits per heavy atom. The number of hydrogen-bond donors (Lipinski definition) is 2. The van der Waals surface area contributed by atoms with Crippen LogP contribution in [-0.4, -0.2) is 25.0 Å². The van der Waals surface area contributed by atoms with Crippen LogP contribution in [0.5, 0.6) is 5.75 Å². The average molecular weight is 522 g/mol. The van der Waals surface area contributed by atoms with E-state index in [1.807, 2.05) is 30.3 Å². The van der Waals surface area contributed by atoms with Gasteiger partial charge in [0.25, 0.3) is 11.8 Å². The van der Waals surface area contributed by atoms with Crippen LogP contribution >= 0.6 is 39.1 Å². The van der Waals surface area contributed by atoms with E-state index in [-0.39, 0.29) is 17.5 Å². The molecule has 0 aromatic heterocycles. The van der Waals surface area contributed by atoms with Crippen molar-refractivity contribution in [3.8, 4) is 5.75 Å². The number of anilines is 1. The third-order valence-electron chi connectivity index (χ3n) is 4.30. The molecule has 0 unspecified atom stereocenters. The van der Waals surface area contributed by atoms with Crippen LogP contribution in [0.15, 0.2) is 71.2 Å². The minimum absolute atomic E-state index is 0.267. The fourth-order valence-electron chi connectivity index (χ4n) is 2.84. The molecule has 0 spiro atoms. The molecule has 2 amide bonds. The molecule has 0 saturated carbocycles. The second kappa shape index (κ2) is 11.2. The van der Waals surface area contributed by atoms with Crippen molar-refractivity contribution in [2.75, 3.05) is 18.5 Å². The number of hydrogen-bond acceptors (Lipinski definition) is 3. The Hall–Kier alpha value is -2.54. The number of ether oxygens (including phenoxy) is 1. The van der Waals surface area contributed by atoms with E-state index in [1.165, 1.54) is 6.07 Å². The maximum atomic E-state index is 12.6. The summed E-state index contributed by atoms with van der Waals surface area (Å²) < 4.78 is 6.06. The maximum Gasteiger partial charge on any atom is 0.262 e. The summed E-state index contributed by atoms with van der Waals surface area (Å²) in [6.07, 6.45) is 0.714. The first-order valence-corrected chi connectivity index (χ1v) is 11.0. The summed E-state index contributed by atoms with van der Waals surface area (Å²) in [6, 6.07) is 19.8. The Morgan fingerprint density at radius 2 is 1.68 bits per heavy atom. The molecule has 8 heteroatoms. The lowest BCUT2D eigenvalue weighted by Crippen LogP contribution is -2.28. The van der Waals surface area contributed by atoms with Crippen molar-refractivity contribution in [1.29, 1.82) is 0 Å². The van der Waals surface area contributed by atoms with Gasteiger partial charge in [-0.05, 0) is 52.2 Å². The van der Waals surface area contributed by atoms with E-state index in [0.717, 1.165) is 5.56 Å². The van der Waals surface area contributed by atoms with Crippen molar-refractivity contribution in [3.63, 3.8) is 0 Å². The molecule has 0 aliphatic rings. The molecule has 3 aromatic carbocycles. The van der Waals surface area contributed by atoms with Crippen LogP contribution in [0.3, 0.4) is 0 Å². The average Bonchev–Trinajstić information content (AvgIpc) is 2.74. The van der Waals surface area contributed by atoms with Crippen molar-refractivity contribution >= 4 is 56.6 Å². The van der Waals surface area contributed by atoms with E-state index >= 15 is 0 Å². The van der Waals surface area contributed by atoms with Gasteiger partial charge in [-0.15, -0.1) is 0 Å². The summed E-state index contributed by atoms with van der Waals surface area (Å²) in [6.45, 7) is 0.196. The highest BCUT2D eigenvalue weighted by Crippen LogP contribution is 2.36. The SMILES string of the molecule is O=C(COc1c(Cl)cc(Cl)cc1Br)Nc1ccccc1C(=O)NCCc1ccccc1. The molecule has 0 aliphatic carbocycles. The Morgan fingerprint density at radius 3 is 2.42 bits per heavy atom. The monoisotopic (exact) mass is 520 g/mol. The highest BCUT2D eigenvalue weighted by molar-refractivity contribution is 9.10. The zero-order valence-corrected chi connectivity index (χ0v) is 19.4. The molecule has 0 bridgehead atoms. The van der Waals surface area contributed by atoms with Gasteiger partial charge in [0.05, 0.1) is 20.7 Å². The molecule has 0 fully saturated rings. The zero-order chi connectivity index (χ0) is 22.2. The molecule has 160 valence electrons. The van der Waals surface area contributed by atoms with Gasteiger partial charge in [-0.3, -0.25) is 9.59 Å². The van der Waals surface area contributed by atoms with Crippen LogP contribution in [0.2, 0.25) is 10.0 Å². The number of benzene rings is 3. The number of amides is 2.